The summed E-state index contributed by atoms with van der Waals surface area (Å²) in [7, 11) is 1.67. The number of hydrogen-bond acceptors (Lipinski definition) is 2. The van der Waals surface area contributed by atoms with E-state index in [9.17, 15) is 13.2 Å². The Bertz CT molecular complexity index is 441. The second-order valence-corrected chi connectivity index (χ2v) is 5.43. The van der Waals surface area contributed by atoms with Crippen molar-refractivity contribution in [1.82, 2.24) is 0 Å². The van der Waals surface area contributed by atoms with Crippen LogP contribution < -0.4 is 10.6 Å². The van der Waals surface area contributed by atoms with E-state index in [2.05, 4.69) is 0 Å². The van der Waals surface area contributed by atoms with Crippen molar-refractivity contribution in [3.8, 4) is 0 Å². The van der Waals surface area contributed by atoms with Crippen LogP contribution in [0.2, 0.25) is 0 Å². The normalized spacial score (nSPS) is 13.7. The van der Waals surface area contributed by atoms with Crippen LogP contribution in [0.3, 0.4) is 0 Å². The number of anilines is 1. The molecule has 2 nitrogen and oxygen atoms in total. The fourth-order valence-electron chi connectivity index (χ4n) is 1.97. The first kappa shape index (κ1) is 16.8. The molecule has 1 atom stereocenters. The highest BCUT2D eigenvalue weighted by molar-refractivity contribution is 5.56. The largest absolute Gasteiger partial charge is 0.418 e. The van der Waals surface area contributed by atoms with E-state index >= 15 is 0 Å². The molecule has 0 saturated heterocycles. The van der Waals surface area contributed by atoms with Gasteiger partial charge in [-0.05, 0) is 44.4 Å². The molecule has 1 unspecified atom stereocenters. The number of nitrogens with two attached hydrogens (primary N) is 1. The molecule has 0 bridgehead atoms. The summed E-state index contributed by atoms with van der Waals surface area (Å²) in [4.78, 5) is 1.63. The van der Waals surface area contributed by atoms with Gasteiger partial charge in [-0.2, -0.15) is 13.2 Å². The van der Waals surface area contributed by atoms with Gasteiger partial charge in [-0.1, -0.05) is 13.0 Å². The van der Waals surface area contributed by atoms with Crippen LogP contribution in [0.25, 0.3) is 0 Å². The highest BCUT2D eigenvalue weighted by Crippen LogP contribution is 2.37. The molecule has 0 heterocycles. The number of hydrogen-bond donors (Lipinski definition) is 1. The highest BCUT2D eigenvalue weighted by Gasteiger charge is 2.35. The fourth-order valence-corrected chi connectivity index (χ4v) is 1.97. The van der Waals surface area contributed by atoms with Crippen molar-refractivity contribution >= 4 is 5.69 Å². The van der Waals surface area contributed by atoms with Gasteiger partial charge in [0, 0.05) is 24.8 Å². The number of rotatable bonds is 5. The van der Waals surface area contributed by atoms with E-state index < -0.39 is 11.7 Å². The minimum atomic E-state index is -4.36. The molecule has 0 saturated carbocycles. The van der Waals surface area contributed by atoms with E-state index in [4.69, 9.17) is 5.73 Å². The predicted molar refractivity (Wildman–Crippen MR) is 77.0 cm³/mol. The van der Waals surface area contributed by atoms with Crippen molar-refractivity contribution in [2.24, 2.45) is 5.73 Å². The van der Waals surface area contributed by atoms with Gasteiger partial charge >= 0.3 is 6.18 Å². The second-order valence-electron chi connectivity index (χ2n) is 5.43. The molecule has 114 valence electrons. The Balaban J connectivity index is 3.20. The number of alkyl halides is 3. The first-order chi connectivity index (χ1) is 9.16. The topological polar surface area (TPSA) is 29.3 Å². The molecule has 20 heavy (non-hydrogen) atoms. The Kier molecular flexibility index (Phi) is 5.45. The van der Waals surface area contributed by atoms with Crippen LogP contribution in [0, 0.1) is 0 Å². The maximum Gasteiger partial charge on any atom is 0.418 e. The Morgan fingerprint density at radius 3 is 2.30 bits per heavy atom. The van der Waals surface area contributed by atoms with Crippen LogP contribution in [-0.2, 0) is 12.6 Å². The highest BCUT2D eigenvalue weighted by atomic mass is 19.4. The van der Waals surface area contributed by atoms with E-state index in [1.807, 2.05) is 20.8 Å². The van der Waals surface area contributed by atoms with Crippen molar-refractivity contribution in [2.75, 3.05) is 11.9 Å². The molecule has 1 rings (SSSR count). The molecule has 0 fully saturated rings. The van der Waals surface area contributed by atoms with Crippen LogP contribution in [0.15, 0.2) is 18.2 Å². The van der Waals surface area contributed by atoms with Gasteiger partial charge in [-0.25, -0.2) is 0 Å². The van der Waals surface area contributed by atoms with Crippen LogP contribution >= 0.6 is 0 Å². The zero-order chi connectivity index (χ0) is 15.5. The molecular weight excluding hydrogens is 265 g/mol. The summed E-state index contributed by atoms with van der Waals surface area (Å²) in [5, 5.41) is 0. The Morgan fingerprint density at radius 1 is 1.25 bits per heavy atom. The first-order valence-corrected chi connectivity index (χ1v) is 6.85. The van der Waals surface area contributed by atoms with Crippen molar-refractivity contribution in [3.05, 3.63) is 29.3 Å². The van der Waals surface area contributed by atoms with Crippen molar-refractivity contribution < 1.29 is 13.2 Å². The van der Waals surface area contributed by atoms with E-state index in [0.29, 0.717) is 12.0 Å². The molecular formula is C15H23F3N2. The third-order valence-electron chi connectivity index (χ3n) is 3.54. The lowest BCUT2D eigenvalue weighted by molar-refractivity contribution is -0.137. The van der Waals surface area contributed by atoms with Gasteiger partial charge in [0.15, 0.2) is 0 Å². The second kappa shape index (κ2) is 6.48. The summed E-state index contributed by atoms with van der Waals surface area (Å²) in [6.45, 7) is 5.65. The van der Waals surface area contributed by atoms with Gasteiger partial charge in [0.2, 0.25) is 0 Å². The average molecular weight is 288 g/mol. The minimum Gasteiger partial charge on any atom is -0.372 e. The van der Waals surface area contributed by atoms with Gasteiger partial charge in [0.05, 0.1) is 5.56 Å². The third kappa shape index (κ3) is 4.13. The lowest BCUT2D eigenvalue weighted by Crippen LogP contribution is -2.28. The minimum absolute atomic E-state index is 0.000140. The number of nitrogens with zero attached hydrogens (tertiary/aromatic N) is 1. The molecule has 0 aliphatic rings. The maximum absolute atomic E-state index is 13.2. The van der Waals surface area contributed by atoms with E-state index in [-0.39, 0.29) is 17.8 Å². The predicted octanol–water partition coefficient (Wildman–Crippen LogP) is 3.83. The third-order valence-corrected chi connectivity index (χ3v) is 3.54. The molecule has 1 aromatic rings. The zero-order valence-electron chi connectivity index (χ0n) is 12.5. The summed E-state index contributed by atoms with van der Waals surface area (Å²) < 4.78 is 39.6. The molecule has 1 aromatic carbocycles. The smallest absolute Gasteiger partial charge is 0.372 e. The van der Waals surface area contributed by atoms with Crippen LogP contribution in [0.4, 0.5) is 18.9 Å². The van der Waals surface area contributed by atoms with Crippen LogP contribution in [0.1, 0.15) is 38.3 Å². The molecule has 0 aromatic heterocycles. The molecule has 0 radical (unpaired) electrons. The summed E-state index contributed by atoms with van der Waals surface area (Å²) in [6.07, 6.45) is -3.15. The molecule has 0 spiro atoms. The summed E-state index contributed by atoms with van der Waals surface area (Å²) >= 11 is 0. The maximum atomic E-state index is 13.2. The van der Waals surface area contributed by atoms with E-state index in [1.54, 1.807) is 24.1 Å². The lowest BCUT2D eigenvalue weighted by Gasteiger charge is -2.27. The summed E-state index contributed by atoms with van der Waals surface area (Å²) in [5.41, 5.74) is 6.07. The van der Waals surface area contributed by atoms with Gasteiger partial charge in [0.1, 0.15) is 0 Å². The molecule has 0 aliphatic carbocycles. The lowest BCUT2D eigenvalue weighted by atomic mass is 10.0. The van der Waals surface area contributed by atoms with Crippen molar-refractivity contribution in [1.29, 1.82) is 0 Å². The quantitative estimate of drug-likeness (QED) is 0.892. The van der Waals surface area contributed by atoms with Gasteiger partial charge in [0.25, 0.3) is 0 Å². The Labute approximate surface area is 118 Å². The fraction of sp³-hybridized carbons (Fsp3) is 0.600. The Morgan fingerprint density at radius 2 is 1.85 bits per heavy atom. The number of halogens is 3. The molecule has 2 N–H and O–H groups in total. The first-order valence-electron chi connectivity index (χ1n) is 6.85. The average Bonchev–Trinajstić information content (AvgIpc) is 2.36. The van der Waals surface area contributed by atoms with E-state index in [0.717, 1.165) is 6.42 Å². The van der Waals surface area contributed by atoms with Gasteiger partial charge in [-0.15, -0.1) is 0 Å². The summed E-state index contributed by atoms with van der Waals surface area (Å²) in [6, 6.07) is 4.40. The molecule has 0 amide bonds. The SMILES string of the molecule is CCC(N)Cc1ccc(N(C)C(C)C)c(C(F)(F)F)c1. The number of benzene rings is 1. The van der Waals surface area contributed by atoms with Gasteiger partial charge < -0.3 is 10.6 Å². The monoisotopic (exact) mass is 288 g/mol. The summed E-state index contributed by atoms with van der Waals surface area (Å²) in [5.74, 6) is 0. The van der Waals surface area contributed by atoms with E-state index in [1.165, 1.54) is 6.07 Å². The molecule has 5 heteroatoms. The molecule has 0 aliphatic heterocycles. The standard InChI is InChI=1S/C15H23F3N2/c1-5-12(19)8-11-6-7-14(20(4)10(2)3)13(9-11)15(16,17)18/h6-7,9-10,12H,5,8,19H2,1-4H3. The zero-order valence-corrected chi connectivity index (χ0v) is 12.5. The van der Waals surface area contributed by atoms with Crippen molar-refractivity contribution in [3.63, 3.8) is 0 Å². The van der Waals surface area contributed by atoms with Gasteiger partial charge in [-0.3, -0.25) is 0 Å². The van der Waals surface area contributed by atoms with Crippen LogP contribution in [0.5, 0.6) is 0 Å². The van der Waals surface area contributed by atoms with Crippen molar-refractivity contribution in [2.45, 2.75) is 51.9 Å². The Hall–Kier alpha value is -1.23. The van der Waals surface area contributed by atoms with Crippen LogP contribution in [-0.4, -0.2) is 19.1 Å².